The maximum absolute atomic E-state index is 5.36. The second-order valence-corrected chi connectivity index (χ2v) is 5.22. The Balaban J connectivity index is 0.00000288. The van der Waals surface area contributed by atoms with Crippen molar-refractivity contribution in [3.8, 4) is 5.75 Å². The molecule has 0 atom stereocenters. The highest BCUT2D eigenvalue weighted by Gasteiger charge is 2.04. The van der Waals surface area contributed by atoms with Gasteiger partial charge in [0.05, 0.1) is 7.11 Å². The van der Waals surface area contributed by atoms with Crippen LogP contribution in [0.25, 0.3) is 0 Å². The molecule has 1 aromatic heterocycles. The second kappa shape index (κ2) is 10.9. The molecule has 0 aliphatic carbocycles. The van der Waals surface area contributed by atoms with Gasteiger partial charge in [-0.05, 0) is 36.6 Å². The molecule has 0 radical (unpaired) electrons. The molecule has 0 spiro atoms. The van der Waals surface area contributed by atoms with Crippen LogP contribution >= 0.6 is 24.0 Å². The zero-order valence-corrected chi connectivity index (χ0v) is 16.7. The number of aliphatic imine (C=N–C) groups is 1. The van der Waals surface area contributed by atoms with Gasteiger partial charge in [0.2, 0.25) is 0 Å². The first-order valence-electron chi connectivity index (χ1n) is 7.70. The molecule has 0 saturated carbocycles. The van der Waals surface area contributed by atoms with Crippen molar-refractivity contribution in [1.29, 1.82) is 0 Å². The van der Waals surface area contributed by atoms with E-state index in [0.717, 1.165) is 30.2 Å². The van der Waals surface area contributed by atoms with Crippen LogP contribution in [0.3, 0.4) is 0 Å². The van der Waals surface area contributed by atoms with Crippen LogP contribution in [0.1, 0.15) is 16.7 Å². The zero-order valence-electron chi connectivity index (χ0n) is 14.4. The summed E-state index contributed by atoms with van der Waals surface area (Å²) in [5.74, 6) is 1.66. The lowest BCUT2D eigenvalue weighted by atomic mass is 10.1. The van der Waals surface area contributed by atoms with Gasteiger partial charge in [-0.1, -0.05) is 18.2 Å². The van der Waals surface area contributed by atoms with E-state index in [9.17, 15) is 0 Å². The number of guanidine groups is 1. The summed E-state index contributed by atoms with van der Waals surface area (Å²) in [6.45, 7) is 3.56. The Labute approximate surface area is 161 Å². The summed E-state index contributed by atoms with van der Waals surface area (Å²) in [6.07, 6.45) is 4.66. The third-order valence-electron chi connectivity index (χ3n) is 3.69. The van der Waals surface area contributed by atoms with Crippen LogP contribution in [0.4, 0.5) is 0 Å². The van der Waals surface area contributed by atoms with E-state index < -0.39 is 0 Å². The largest absolute Gasteiger partial charge is 0.496 e. The van der Waals surface area contributed by atoms with Gasteiger partial charge in [0, 0.05) is 38.1 Å². The van der Waals surface area contributed by atoms with Gasteiger partial charge in [-0.2, -0.15) is 0 Å². The maximum Gasteiger partial charge on any atom is 0.191 e. The number of para-hydroxylation sites is 1. The Kier molecular flexibility index (Phi) is 9.14. The average molecular weight is 440 g/mol. The predicted octanol–water partition coefficient (Wildman–Crippen LogP) is 2.92. The van der Waals surface area contributed by atoms with Crippen molar-refractivity contribution in [3.05, 3.63) is 59.4 Å². The first-order chi connectivity index (χ1) is 11.2. The number of nitrogens with zero attached hydrogens (tertiary/aromatic N) is 2. The molecule has 0 bridgehead atoms. The van der Waals surface area contributed by atoms with Crippen molar-refractivity contribution in [2.24, 2.45) is 4.99 Å². The van der Waals surface area contributed by atoms with E-state index in [4.69, 9.17) is 4.74 Å². The highest BCUT2D eigenvalue weighted by atomic mass is 127. The van der Waals surface area contributed by atoms with Gasteiger partial charge in [0.25, 0.3) is 0 Å². The van der Waals surface area contributed by atoms with E-state index in [2.05, 4.69) is 33.6 Å². The van der Waals surface area contributed by atoms with Gasteiger partial charge in [-0.15, -0.1) is 24.0 Å². The van der Waals surface area contributed by atoms with Crippen molar-refractivity contribution in [2.45, 2.75) is 19.9 Å². The Morgan fingerprint density at radius 1 is 1.17 bits per heavy atom. The number of hydrogen-bond donors (Lipinski definition) is 2. The Morgan fingerprint density at radius 3 is 2.67 bits per heavy atom. The first kappa shape index (κ1) is 20.2. The molecule has 130 valence electrons. The van der Waals surface area contributed by atoms with Crippen molar-refractivity contribution < 1.29 is 4.74 Å². The van der Waals surface area contributed by atoms with Crippen LogP contribution in [-0.2, 0) is 13.0 Å². The Bertz CT molecular complexity index is 661. The third kappa shape index (κ3) is 5.99. The van der Waals surface area contributed by atoms with E-state index in [0.29, 0.717) is 6.54 Å². The summed E-state index contributed by atoms with van der Waals surface area (Å²) in [5, 5.41) is 6.64. The van der Waals surface area contributed by atoms with Gasteiger partial charge in [0.15, 0.2) is 5.96 Å². The molecular weight excluding hydrogens is 415 g/mol. The Hall–Kier alpha value is -1.83. The predicted molar refractivity (Wildman–Crippen MR) is 109 cm³/mol. The molecule has 0 amide bonds. The van der Waals surface area contributed by atoms with Crippen LogP contribution in [0, 0.1) is 6.92 Å². The molecule has 0 aliphatic rings. The molecule has 1 heterocycles. The number of benzene rings is 1. The van der Waals surface area contributed by atoms with Crippen molar-refractivity contribution in [1.82, 2.24) is 15.6 Å². The quantitative estimate of drug-likeness (QED) is 0.412. The first-order valence-corrected chi connectivity index (χ1v) is 7.70. The molecular formula is C18H25IN4O. The summed E-state index contributed by atoms with van der Waals surface area (Å²) in [6, 6.07) is 10.0. The number of aromatic nitrogens is 1. The van der Waals surface area contributed by atoms with E-state index in [1.807, 2.05) is 36.7 Å². The maximum atomic E-state index is 5.36. The number of ether oxygens (including phenoxy) is 1. The number of nitrogens with one attached hydrogen (secondary N) is 2. The van der Waals surface area contributed by atoms with Crippen molar-refractivity contribution in [3.63, 3.8) is 0 Å². The van der Waals surface area contributed by atoms with Crippen molar-refractivity contribution >= 4 is 29.9 Å². The fourth-order valence-electron chi connectivity index (χ4n) is 2.35. The van der Waals surface area contributed by atoms with E-state index in [1.165, 1.54) is 11.1 Å². The number of halogens is 1. The summed E-state index contributed by atoms with van der Waals surface area (Å²) in [7, 11) is 3.46. The molecule has 0 saturated heterocycles. The fourth-order valence-corrected chi connectivity index (χ4v) is 2.35. The minimum absolute atomic E-state index is 0. The average Bonchev–Trinajstić information content (AvgIpc) is 2.59. The number of aryl methyl sites for hydroxylation is 1. The molecule has 2 N–H and O–H groups in total. The molecule has 0 aliphatic heterocycles. The lowest BCUT2D eigenvalue weighted by Gasteiger charge is -2.14. The van der Waals surface area contributed by atoms with E-state index >= 15 is 0 Å². The Morgan fingerprint density at radius 2 is 1.96 bits per heavy atom. The highest BCUT2D eigenvalue weighted by molar-refractivity contribution is 14.0. The molecule has 0 unspecified atom stereocenters. The van der Waals surface area contributed by atoms with Crippen LogP contribution < -0.4 is 15.4 Å². The standard InChI is InChI=1S/C18H24N4O.HI/c1-14-12-20-10-8-15(14)9-11-21-18(19-2)22-13-16-6-4-5-7-17(16)23-3;/h4-8,10,12H,9,11,13H2,1-3H3,(H2,19,21,22);1H. The third-order valence-corrected chi connectivity index (χ3v) is 3.69. The van der Waals surface area contributed by atoms with Gasteiger partial charge in [-0.3, -0.25) is 9.98 Å². The van der Waals surface area contributed by atoms with Crippen LogP contribution in [0.15, 0.2) is 47.7 Å². The summed E-state index contributed by atoms with van der Waals surface area (Å²) >= 11 is 0. The number of rotatable bonds is 6. The summed E-state index contributed by atoms with van der Waals surface area (Å²) in [4.78, 5) is 8.37. The molecule has 2 aromatic rings. The minimum atomic E-state index is 0. The van der Waals surface area contributed by atoms with Gasteiger partial charge in [0.1, 0.15) is 5.75 Å². The lowest BCUT2D eigenvalue weighted by Crippen LogP contribution is -2.38. The monoisotopic (exact) mass is 440 g/mol. The molecule has 24 heavy (non-hydrogen) atoms. The number of methoxy groups -OCH3 is 1. The second-order valence-electron chi connectivity index (χ2n) is 5.22. The topological polar surface area (TPSA) is 58.5 Å². The summed E-state index contributed by atoms with van der Waals surface area (Å²) in [5.41, 5.74) is 3.61. The SMILES string of the molecule is CN=C(NCCc1ccncc1C)NCc1ccccc1OC.I. The highest BCUT2D eigenvalue weighted by Crippen LogP contribution is 2.16. The number of pyridine rings is 1. The van der Waals surface area contributed by atoms with Crippen LogP contribution in [0.2, 0.25) is 0 Å². The summed E-state index contributed by atoms with van der Waals surface area (Å²) < 4.78 is 5.36. The van der Waals surface area contributed by atoms with Crippen LogP contribution in [-0.4, -0.2) is 31.6 Å². The van der Waals surface area contributed by atoms with Crippen LogP contribution in [0.5, 0.6) is 5.75 Å². The molecule has 0 fully saturated rings. The van der Waals surface area contributed by atoms with Gasteiger partial charge in [-0.25, -0.2) is 0 Å². The molecule has 1 aromatic carbocycles. The van der Waals surface area contributed by atoms with E-state index in [-0.39, 0.29) is 24.0 Å². The van der Waals surface area contributed by atoms with Gasteiger partial charge < -0.3 is 15.4 Å². The fraction of sp³-hybridized carbons (Fsp3) is 0.333. The molecule has 2 rings (SSSR count). The molecule has 5 nitrogen and oxygen atoms in total. The molecule has 6 heteroatoms. The van der Waals surface area contributed by atoms with Gasteiger partial charge >= 0.3 is 0 Å². The lowest BCUT2D eigenvalue weighted by molar-refractivity contribution is 0.409. The van der Waals surface area contributed by atoms with Crippen molar-refractivity contribution in [2.75, 3.05) is 20.7 Å². The van der Waals surface area contributed by atoms with E-state index in [1.54, 1.807) is 14.2 Å². The zero-order chi connectivity index (χ0) is 16.5. The smallest absolute Gasteiger partial charge is 0.191 e. The minimum Gasteiger partial charge on any atom is -0.496 e. The number of hydrogen-bond acceptors (Lipinski definition) is 3. The normalized spacial score (nSPS) is 10.7.